The number of hydrogen-bond donors (Lipinski definition) is 2. The number of nitrogens with zero attached hydrogens (tertiary/aromatic N) is 1. The predicted molar refractivity (Wildman–Crippen MR) is 109 cm³/mol. The number of carbonyl (C=O) groups is 2. The molecule has 3 rings (SSSR count). The average molecular weight is 375 g/mol. The van der Waals surface area contributed by atoms with Gasteiger partial charge in [-0.25, -0.2) is 0 Å². The van der Waals surface area contributed by atoms with Crippen molar-refractivity contribution in [3.63, 3.8) is 0 Å². The third-order valence-corrected chi connectivity index (χ3v) is 4.25. The summed E-state index contributed by atoms with van der Waals surface area (Å²) in [6.45, 7) is 2.03. The molecule has 0 aliphatic rings. The van der Waals surface area contributed by atoms with Crippen LogP contribution in [0.25, 0.3) is 0 Å². The molecule has 0 unspecified atom stereocenters. The monoisotopic (exact) mass is 375 g/mol. The van der Waals surface area contributed by atoms with E-state index in [9.17, 15) is 9.59 Å². The second kappa shape index (κ2) is 8.81. The minimum atomic E-state index is -0.395. The summed E-state index contributed by atoms with van der Waals surface area (Å²) in [7, 11) is 1.58. The van der Waals surface area contributed by atoms with Crippen molar-refractivity contribution in [2.45, 2.75) is 13.3 Å². The van der Waals surface area contributed by atoms with E-state index < -0.39 is 5.91 Å². The molecule has 6 heteroatoms. The summed E-state index contributed by atoms with van der Waals surface area (Å²) in [5, 5.41) is 5.65. The maximum atomic E-state index is 12.6. The normalized spacial score (nSPS) is 10.2. The fraction of sp³-hybridized carbons (Fsp3) is 0.136. The Morgan fingerprint density at radius 2 is 1.71 bits per heavy atom. The number of rotatable bonds is 6. The van der Waals surface area contributed by atoms with Crippen molar-refractivity contribution in [1.29, 1.82) is 0 Å². The zero-order valence-corrected chi connectivity index (χ0v) is 15.7. The summed E-state index contributed by atoms with van der Waals surface area (Å²) in [5.74, 6) is 0.0118. The van der Waals surface area contributed by atoms with Crippen LogP contribution in [0.4, 0.5) is 11.4 Å². The Morgan fingerprint density at radius 3 is 2.43 bits per heavy atom. The van der Waals surface area contributed by atoms with Gasteiger partial charge in [-0.05, 0) is 54.4 Å². The highest BCUT2D eigenvalue weighted by atomic mass is 16.5. The summed E-state index contributed by atoms with van der Waals surface area (Å²) in [4.78, 5) is 29.1. The molecule has 2 aromatic carbocycles. The summed E-state index contributed by atoms with van der Waals surface area (Å²) in [6, 6.07) is 17.6. The number of para-hydroxylation sites is 1. The van der Waals surface area contributed by atoms with Crippen molar-refractivity contribution in [3.05, 3.63) is 83.7 Å². The SMILES string of the molecule is CCc1ccccc1NC(=O)c1ccnc(C(=O)Nc2ccc(OC)cc2)c1. The Balaban J connectivity index is 1.73. The number of carbonyl (C=O) groups excluding carboxylic acids is 2. The second-order valence-corrected chi connectivity index (χ2v) is 6.08. The molecule has 0 bridgehead atoms. The van der Waals surface area contributed by atoms with Crippen LogP contribution in [-0.2, 0) is 6.42 Å². The molecule has 1 heterocycles. The highest BCUT2D eigenvalue weighted by molar-refractivity contribution is 6.08. The van der Waals surface area contributed by atoms with Gasteiger partial charge in [0.2, 0.25) is 0 Å². The minimum Gasteiger partial charge on any atom is -0.497 e. The molecule has 142 valence electrons. The van der Waals surface area contributed by atoms with E-state index in [4.69, 9.17) is 4.74 Å². The van der Waals surface area contributed by atoms with Gasteiger partial charge in [0.15, 0.2) is 0 Å². The summed E-state index contributed by atoms with van der Waals surface area (Å²) in [5.41, 5.74) is 2.94. The first-order valence-corrected chi connectivity index (χ1v) is 8.91. The quantitative estimate of drug-likeness (QED) is 0.678. The molecule has 0 fully saturated rings. The molecule has 6 nitrogen and oxygen atoms in total. The number of amides is 2. The van der Waals surface area contributed by atoms with Gasteiger partial charge in [-0.3, -0.25) is 14.6 Å². The number of anilines is 2. The van der Waals surface area contributed by atoms with E-state index in [2.05, 4.69) is 15.6 Å². The summed E-state index contributed by atoms with van der Waals surface area (Å²) < 4.78 is 5.10. The summed E-state index contributed by atoms with van der Waals surface area (Å²) >= 11 is 0. The lowest BCUT2D eigenvalue weighted by Crippen LogP contribution is -2.17. The van der Waals surface area contributed by atoms with E-state index in [1.54, 1.807) is 37.4 Å². The van der Waals surface area contributed by atoms with E-state index in [1.165, 1.54) is 12.3 Å². The minimum absolute atomic E-state index is 0.159. The summed E-state index contributed by atoms with van der Waals surface area (Å²) in [6.07, 6.45) is 2.26. The maximum absolute atomic E-state index is 12.6. The third-order valence-electron chi connectivity index (χ3n) is 4.25. The zero-order valence-electron chi connectivity index (χ0n) is 15.7. The Morgan fingerprint density at radius 1 is 0.964 bits per heavy atom. The van der Waals surface area contributed by atoms with Crippen molar-refractivity contribution in [3.8, 4) is 5.75 Å². The number of nitrogens with one attached hydrogen (secondary N) is 2. The van der Waals surface area contributed by atoms with Crippen LogP contribution in [0, 0.1) is 0 Å². The molecule has 0 aliphatic carbocycles. The molecule has 0 spiro atoms. The van der Waals surface area contributed by atoms with Crippen LogP contribution < -0.4 is 15.4 Å². The standard InChI is InChI=1S/C22H21N3O3/c1-3-15-6-4-5-7-19(15)25-21(26)16-12-13-23-20(14-16)22(27)24-17-8-10-18(28-2)11-9-17/h4-14H,3H2,1-2H3,(H,24,27)(H,25,26). The number of pyridine rings is 1. The molecule has 1 aromatic heterocycles. The molecule has 0 aliphatic heterocycles. The Bertz CT molecular complexity index is 984. The van der Waals surface area contributed by atoms with E-state index >= 15 is 0 Å². The van der Waals surface area contributed by atoms with Crippen LogP contribution in [0.15, 0.2) is 66.9 Å². The molecular formula is C22H21N3O3. The predicted octanol–water partition coefficient (Wildman–Crippen LogP) is 4.16. The lowest BCUT2D eigenvalue weighted by Gasteiger charge is -2.10. The van der Waals surface area contributed by atoms with Crippen LogP contribution >= 0.6 is 0 Å². The van der Waals surface area contributed by atoms with Crippen LogP contribution in [-0.4, -0.2) is 23.9 Å². The molecular weight excluding hydrogens is 354 g/mol. The maximum Gasteiger partial charge on any atom is 0.274 e. The van der Waals surface area contributed by atoms with Crippen LogP contribution in [0.2, 0.25) is 0 Å². The number of aryl methyl sites for hydroxylation is 1. The zero-order chi connectivity index (χ0) is 19.9. The second-order valence-electron chi connectivity index (χ2n) is 6.08. The first-order valence-electron chi connectivity index (χ1n) is 8.91. The van der Waals surface area contributed by atoms with E-state index in [-0.39, 0.29) is 11.6 Å². The van der Waals surface area contributed by atoms with Crippen molar-refractivity contribution >= 4 is 23.2 Å². The van der Waals surface area contributed by atoms with Crippen molar-refractivity contribution in [2.75, 3.05) is 17.7 Å². The van der Waals surface area contributed by atoms with Gasteiger partial charge in [0.25, 0.3) is 11.8 Å². The molecule has 0 saturated heterocycles. The number of benzene rings is 2. The topological polar surface area (TPSA) is 80.3 Å². The number of ether oxygens (including phenoxy) is 1. The van der Waals surface area contributed by atoms with Crippen LogP contribution in [0.3, 0.4) is 0 Å². The smallest absolute Gasteiger partial charge is 0.274 e. The van der Waals surface area contributed by atoms with Crippen LogP contribution in [0.5, 0.6) is 5.75 Å². The highest BCUT2D eigenvalue weighted by Gasteiger charge is 2.13. The van der Waals surface area contributed by atoms with E-state index in [1.807, 2.05) is 31.2 Å². The van der Waals surface area contributed by atoms with Gasteiger partial charge < -0.3 is 15.4 Å². The Labute approximate surface area is 163 Å². The molecule has 0 radical (unpaired) electrons. The third kappa shape index (κ3) is 4.54. The molecule has 3 aromatic rings. The van der Waals surface area contributed by atoms with E-state index in [0.717, 1.165) is 17.7 Å². The average Bonchev–Trinajstić information content (AvgIpc) is 2.74. The van der Waals surface area contributed by atoms with Gasteiger partial charge >= 0.3 is 0 Å². The lowest BCUT2D eigenvalue weighted by molar-refractivity contribution is 0.102. The highest BCUT2D eigenvalue weighted by Crippen LogP contribution is 2.18. The molecule has 2 amide bonds. The van der Waals surface area contributed by atoms with Crippen molar-refractivity contribution < 1.29 is 14.3 Å². The lowest BCUT2D eigenvalue weighted by atomic mass is 10.1. The molecule has 2 N–H and O–H groups in total. The first-order chi connectivity index (χ1) is 13.6. The number of hydrogen-bond acceptors (Lipinski definition) is 4. The van der Waals surface area contributed by atoms with Gasteiger partial charge in [-0.2, -0.15) is 0 Å². The van der Waals surface area contributed by atoms with Crippen LogP contribution in [0.1, 0.15) is 33.3 Å². The fourth-order valence-electron chi connectivity index (χ4n) is 2.71. The molecule has 0 saturated carbocycles. The Hall–Kier alpha value is -3.67. The van der Waals surface area contributed by atoms with Gasteiger partial charge in [0.05, 0.1) is 7.11 Å². The van der Waals surface area contributed by atoms with Crippen molar-refractivity contribution in [2.24, 2.45) is 0 Å². The largest absolute Gasteiger partial charge is 0.497 e. The van der Waals surface area contributed by atoms with Gasteiger partial charge in [-0.15, -0.1) is 0 Å². The number of methoxy groups -OCH3 is 1. The fourth-order valence-corrected chi connectivity index (χ4v) is 2.71. The molecule has 28 heavy (non-hydrogen) atoms. The van der Waals surface area contributed by atoms with E-state index in [0.29, 0.717) is 17.0 Å². The van der Waals surface area contributed by atoms with Crippen molar-refractivity contribution in [1.82, 2.24) is 4.98 Å². The van der Waals surface area contributed by atoms with Gasteiger partial charge in [0.1, 0.15) is 11.4 Å². The molecule has 0 atom stereocenters. The van der Waals surface area contributed by atoms with Gasteiger partial charge in [-0.1, -0.05) is 25.1 Å². The van der Waals surface area contributed by atoms with Gasteiger partial charge in [0, 0.05) is 23.1 Å². The number of aromatic nitrogens is 1. The first kappa shape index (κ1) is 19.1. The Kier molecular flexibility index (Phi) is 6.01.